The van der Waals surface area contributed by atoms with Crippen molar-refractivity contribution in [3.8, 4) is 5.75 Å². The number of hydrogen-bond donors (Lipinski definition) is 0. The number of ether oxygens (including phenoxy) is 1. The van der Waals surface area contributed by atoms with Crippen LogP contribution in [0.3, 0.4) is 0 Å². The van der Waals surface area contributed by atoms with Crippen molar-refractivity contribution >= 4 is 0 Å². The van der Waals surface area contributed by atoms with Gasteiger partial charge in [0.1, 0.15) is 0 Å². The van der Waals surface area contributed by atoms with Crippen molar-refractivity contribution < 1.29 is 13.5 Å². The van der Waals surface area contributed by atoms with Crippen molar-refractivity contribution in [2.75, 3.05) is 7.11 Å². The number of alkyl halides is 2. The molecule has 1 aromatic rings. The van der Waals surface area contributed by atoms with Crippen LogP contribution in [-0.4, -0.2) is 16.9 Å². The van der Waals surface area contributed by atoms with Gasteiger partial charge in [-0.3, -0.25) is 4.68 Å². The second kappa shape index (κ2) is 3.55. The van der Waals surface area contributed by atoms with Gasteiger partial charge < -0.3 is 4.74 Å². The summed E-state index contributed by atoms with van der Waals surface area (Å²) in [5.74, 6) is 0.134. The monoisotopic (exact) mass is 204 g/mol. The van der Waals surface area contributed by atoms with E-state index in [1.807, 2.05) is 20.8 Å². The summed E-state index contributed by atoms with van der Waals surface area (Å²) in [5, 5.41) is 3.79. The van der Waals surface area contributed by atoms with E-state index in [9.17, 15) is 8.78 Å². The fourth-order valence-electron chi connectivity index (χ4n) is 1.02. The zero-order chi connectivity index (χ0) is 10.9. The van der Waals surface area contributed by atoms with Crippen LogP contribution < -0.4 is 4.74 Å². The van der Waals surface area contributed by atoms with Gasteiger partial charge in [-0.15, -0.1) is 0 Å². The van der Waals surface area contributed by atoms with Crippen LogP contribution in [0.25, 0.3) is 0 Å². The Hall–Kier alpha value is -1.13. The highest BCUT2D eigenvalue weighted by Gasteiger charge is 2.23. The summed E-state index contributed by atoms with van der Waals surface area (Å²) >= 11 is 0. The highest BCUT2D eigenvalue weighted by molar-refractivity contribution is 5.26. The van der Waals surface area contributed by atoms with E-state index in [1.54, 1.807) is 0 Å². The Balaban J connectivity index is 3.13. The molecule has 14 heavy (non-hydrogen) atoms. The second-order valence-corrected chi connectivity index (χ2v) is 4.00. The third-order valence-electron chi connectivity index (χ3n) is 1.82. The highest BCUT2D eigenvalue weighted by atomic mass is 19.3. The molecule has 0 aliphatic carbocycles. The second-order valence-electron chi connectivity index (χ2n) is 4.00. The molecule has 80 valence electrons. The molecule has 0 fully saturated rings. The summed E-state index contributed by atoms with van der Waals surface area (Å²) in [6.45, 7) is 5.65. The normalized spacial score (nSPS) is 12.2. The van der Waals surface area contributed by atoms with Crippen LogP contribution in [0.5, 0.6) is 5.75 Å². The smallest absolute Gasteiger partial charge is 0.285 e. The summed E-state index contributed by atoms with van der Waals surface area (Å²) in [4.78, 5) is 0. The van der Waals surface area contributed by atoms with Gasteiger partial charge in [0, 0.05) is 0 Å². The molecule has 0 unspecified atom stereocenters. The molecule has 0 bridgehead atoms. The lowest BCUT2D eigenvalue weighted by molar-refractivity contribution is 0.140. The van der Waals surface area contributed by atoms with Gasteiger partial charge in [-0.05, 0) is 20.8 Å². The van der Waals surface area contributed by atoms with Gasteiger partial charge in [0.05, 0.1) is 18.8 Å². The maximum Gasteiger partial charge on any atom is 0.285 e. The maximum atomic E-state index is 12.5. The van der Waals surface area contributed by atoms with Crippen LogP contribution in [0.2, 0.25) is 0 Å². The van der Waals surface area contributed by atoms with Gasteiger partial charge in [0.25, 0.3) is 6.43 Å². The molecule has 0 N–H and O–H groups in total. The minimum Gasteiger partial charge on any atom is -0.493 e. The fourth-order valence-corrected chi connectivity index (χ4v) is 1.02. The van der Waals surface area contributed by atoms with Gasteiger partial charge in [-0.25, -0.2) is 8.78 Å². The van der Waals surface area contributed by atoms with Gasteiger partial charge in [-0.2, -0.15) is 5.10 Å². The van der Waals surface area contributed by atoms with E-state index in [0.29, 0.717) is 0 Å². The molecule has 1 heterocycles. The lowest BCUT2D eigenvalue weighted by Gasteiger charge is -2.18. The van der Waals surface area contributed by atoms with Gasteiger partial charge in [0.2, 0.25) is 0 Å². The van der Waals surface area contributed by atoms with Gasteiger partial charge in [0.15, 0.2) is 11.4 Å². The van der Waals surface area contributed by atoms with E-state index in [4.69, 9.17) is 4.74 Å². The van der Waals surface area contributed by atoms with Crippen LogP contribution in [0, 0.1) is 0 Å². The summed E-state index contributed by atoms with van der Waals surface area (Å²) in [5.41, 5.74) is -0.622. The van der Waals surface area contributed by atoms with Crippen molar-refractivity contribution in [2.45, 2.75) is 32.7 Å². The molecule has 0 aliphatic heterocycles. The molecule has 1 aromatic heterocycles. The third kappa shape index (κ3) is 2.02. The Bertz CT molecular complexity index is 315. The van der Waals surface area contributed by atoms with Crippen molar-refractivity contribution in [3.05, 3.63) is 11.9 Å². The minimum atomic E-state index is -2.60. The predicted octanol–water partition coefficient (Wildman–Crippen LogP) is 2.58. The standard InChI is InChI=1S/C9H14F2N2O/c1-9(2,3)13-5-6(14-4)7(12-13)8(10)11/h5,8H,1-4H3. The summed E-state index contributed by atoms with van der Waals surface area (Å²) in [6, 6.07) is 0. The quantitative estimate of drug-likeness (QED) is 0.740. The predicted molar refractivity (Wildman–Crippen MR) is 48.7 cm³/mol. The topological polar surface area (TPSA) is 27.1 Å². The van der Waals surface area contributed by atoms with Gasteiger partial charge in [-0.1, -0.05) is 0 Å². The number of nitrogens with zero attached hydrogens (tertiary/aromatic N) is 2. The van der Waals surface area contributed by atoms with Crippen LogP contribution in [0.4, 0.5) is 8.78 Å². The van der Waals surface area contributed by atoms with E-state index < -0.39 is 6.43 Å². The minimum absolute atomic E-state index is 0.134. The Kier molecular flexibility index (Phi) is 2.78. The molecule has 0 saturated heterocycles. The first kappa shape index (κ1) is 10.9. The van der Waals surface area contributed by atoms with Crippen molar-refractivity contribution in [1.29, 1.82) is 0 Å². The third-order valence-corrected chi connectivity index (χ3v) is 1.82. The Morgan fingerprint density at radius 1 is 1.43 bits per heavy atom. The maximum absolute atomic E-state index is 12.5. The molecule has 0 atom stereocenters. The molecule has 5 heteroatoms. The SMILES string of the molecule is COc1cn(C(C)(C)C)nc1C(F)F. The molecule has 0 aromatic carbocycles. The molecule has 0 spiro atoms. The number of aromatic nitrogens is 2. The first-order valence-corrected chi connectivity index (χ1v) is 4.28. The fraction of sp³-hybridized carbons (Fsp3) is 0.667. The molecular weight excluding hydrogens is 190 g/mol. The van der Waals surface area contributed by atoms with E-state index in [-0.39, 0.29) is 17.0 Å². The van der Waals surface area contributed by atoms with E-state index >= 15 is 0 Å². The van der Waals surface area contributed by atoms with Crippen LogP contribution in [-0.2, 0) is 5.54 Å². The average Bonchev–Trinajstić information content (AvgIpc) is 2.45. The summed E-state index contributed by atoms with van der Waals surface area (Å²) in [7, 11) is 1.36. The summed E-state index contributed by atoms with van der Waals surface area (Å²) in [6.07, 6.45) is -1.12. The largest absolute Gasteiger partial charge is 0.493 e. The van der Waals surface area contributed by atoms with Crippen LogP contribution in [0.15, 0.2) is 6.20 Å². The van der Waals surface area contributed by atoms with E-state index in [0.717, 1.165) is 0 Å². The van der Waals surface area contributed by atoms with E-state index in [1.165, 1.54) is 18.0 Å². The number of hydrogen-bond acceptors (Lipinski definition) is 2. The Morgan fingerprint density at radius 3 is 2.29 bits per heavy atom. The van der Waals surface area contributed by atoms with Crippen LogP contribution in [0.1, 0.15) is 32.9 Å². The molecule has 3 nitrogen and oxygen atoms in total. The molecule has 0 amide bonds. The first-order chi connectivity index (χ1) is 6.36. The lowest BCUT2D eigenvalue weighted by Crippen LogP contribution is -2.22. The average molecular weight is 204 g/mol. The molecule has 0 aliphatic rings. The zero-order valence-corrected chi connectivity index (χ0v) is 8.71. The number of methoxy groups -OCH3 is 1. The number of halogens is 2. The first-order valence-electron chi connectivity index (χ1n) is 4.28. The molecule has 1 rings (SSSR count). The zero-order valence-electron chi connectivity index (χ0n) is 8.71. The van der Waals surface area contributed by atoms with Crippen molar-refractivity contribution in [2.24, 2.45) is 0 Å². The number of rotatable bonds is 2. The highest BCUT2D eigenvalue weighted by Crippen LogP contribution is 2.29. The van der Waals surface area contributed by atoms with Gasteiger partial charge >= 0.3 is 0 Å². The molecule has 0 saturated carbocycles. The Labute approximate surface area is 81.7 Å². The van der Waals surface area contributed by atoms with Crippen molar-refractivity contribution in [3.63, 3.8) is 0 Å². The van der Waals surface area contributed by atoms with E-state index in [2.05, 4.69) is 5.10 Å². The van der Waals surface area contributed by atoms with Crippen LogP contribution >= 0.6 is 0 Å². The Morgan fingerprint density at radius 2 is 2.00 bits per heavy atom. The molecule has 0 radical (unpaired) electrons. The molecular formula is C9H14F2N2O. The lowest BCUT2D eigenvalue weighted by atomic mass is 10.1. The van der Waals surface area contributed by atoms with Crippen molar-refractivity contribution in [1.82, 2.24) is 9.78 Å². The summed E-state index contributed by atoms with van der Waals surface area (Å²) < 4.78 is 31.2.